The zero-order valence-electron chi connectivity index (χ0n) is 14.2. The van der Waals surface area contributed by atoms with Crippen LogP contribution in [0.2, 0.25) is 0 Å². The van der Waals surface area contributed by atoms with Gasteiger partial charge in [-0.3, -0.25) is 9.59 Å². The Bertz CT molecular complexity index is 791. The van der Waals surface area contributed by atoms with Gasteiger partial charge < -0.3 is 15.2 Å². The quantitative estimate of drug-likeness (QED) is 0.838. The third kappa shape index (κ3) is 4.05. The second-order valence-corrected chi connectivity index (χ2v) is 6.12. The average molecular weight is 331 g/mol. The molecule has 0 saturated carbocycles. The fourth-order valence-electron chi connectivity index (χ4n) is 2.50. The molecule has 2 rings (SSSR count). The van der Waals surface area contributed by atoms with Gasteiger partial charge in [0.05, 0.1) is 41.0 Å². The van der Waals surface area contributed by atoms with E-state index in [-0.39, 0.29) is 18.9 Å². The molecule has 2 N–H and O–H groups in total. The molecule has 1 amide bonds. The highest BCUT2D eigenvalue weighted by atomic mass is 16.5. The number of methoxy groups -OCH3 is 1. The lowest BCUT2D eigenvalue weighted by Gasteiger charge is -2.28. The Morgan fingerprint density at radius 1 is 1.21 bits per heavy atom. The van der Waals surface area contributed by atoms with E-state index in [0.29, 0.717) is 16.6 Å². The van der Waals surface area contributed by atoms with Gasteiger partial charge in [-0.15, -0.1) is 0 Å². The van der Waals surface area contributed by atoms with Crippen molar-refractivity contribution in [3.63, 3.8) is 0 Å². The molecule has 0 saturated heterocycles. The van der Waals surface area contributed by atoms with Crippen molar-refractivity contribution in [3.8, 4) is 0 Å². The number of benzene rings is 1. The molecule has 7 nitrogen and oxygen atoms in total. The fourth-order valence-corrected chi connectivity index (χ4v) is 2.50. The number of nitrogens with zero attached hydrogens (tertiary/aromatic N) is 2. The SMILES string of the molecule is COCC(C)(CC(=O)O)NC(=O)c1ccc2nc(C)c(C)nc2c1. The van der Waals surface area contributed by atoms with Gasteiger partial charge in [-0.05, 0) is 39.0 Å². The molecule has 0 bridgehead atoms. The van der Waals surface area contributed by atoms with Gasteiger partial charge in [0.25, 0.3) is 5.91 Å². The van der Waals surface area contributed by atoms with E-state index in [9.17, 15) is 9.59 Å². The van der Waals surface area contributed by atoms with Gasteiger partial charge in [0.2, 0.25) is 0 Å². The number of ether oxygens (including phenoxy) is 1. The van der Waals surface area contributed by atoms with E-state index in [1.807, 2.05) is 13.8 Å². The van der Waals surface area contributed by atoms with Crippen molar-refractivity contribution in [1.82, 2.24) is 15.3 Å². The van der Waals surface area contributed by atoms with Crippen LogP contribution < -0.4 is 5.32 Å². The molecule has 0 aliphatic rings. The normalized spacial score (nSPS) is 13.5. The summed E-state index contributed by atoms with van der Waals surface area (Å²) in [6.07, 6.45) is -0.238. The summed E-state index contributed by atoms with van der Waals surface area (Å²) in [7, 11) is 1.46. The highest BCUT2D eigenvalue weighted by molar-refractivity contribution is 5.97. The number of carbonyl (C=O) groups is 2. The summed E-state index contributed by atoms with van der Waals surface area (Å²) in [5.74, 6) is -1.39. The molecule has 7 heteroatoms. The minimum atomic E-state index is -1.01. The van der Waals surface area contributed by atoms with Crippen LogP contribution in [0.1, 0.15) is 35.1 Å². The van der Waals surface area contributed by atoms with Crippen molar-refractivity contribution in [1.29, 1.82) is 0 Å². The van der Waals surface area contributed by atoms with E-state index < -0.39 is 11.5 Å². The Balaban J connectivity index is 2.29. The van der Waals surface area contributed by atoms with Crippen molar-refractivity contribution in [2.45, 2.75) is 32.7 Å². The van der Waals surface area contributed by atoms with Gasteiger partial charge in [0.15, 0.2) is 0 Å². The number of fused-ring (bicyclic) bond motifs is 1. The zero-order chi connectivity index (χ0) is 17.9. The number of carboxylic acid groups (broad SMARTS) is 1. The maximum absolute atomic E-state index is 12.5. The Morgan fingerprint density at radius 3 is 2.42 bits per heavy atom. The standard InChI is InChI=1S/C17H21N3O4/c1-10-11(2)19-14-7-12(5-6-13(14)18-10)16(23)20-17(3,9-24-4)8-15(21)22/h5-7H,8-9H2,1-4H3,(H,20,23)(H,21,22). The summed E-state index contributed by atoms with van der Waals surface area (Å²) in [4.78, 5) is 32.4. The molecule has 1 aromatic carbocycles. The lowest BCUT2D eigenvalue weighted by Crippen LogP contribution is -2.50. The minimum absolute atomic E-state index is 0.0940. The molecule has 0 aliphatic heterocycles. The summed E-state index contributed by atoms with van der Waals surface area (Å²) in [5.41, 5.74) is 2.37. The average Bonchev–Trinajstić information content (AvgIpc) is 2.47. The van der Waals surface area contributed by atoms with E-state index in [2.05, 4.69) is 15.3 Å². The van der Waals surface area contributed by atoms with Crippen molar-refractivity contribution in [2.24, 2.45) is 0 Å². The van der Waals surface area contributed by atoms with Gasteiger partial charge in [0, 0.05) is 12.7 Å². The van der Waals surface area contributed by atoms with E-state index in [4.69, 9.17) is 9.84 Å². The summed E-state index contributed by atoms with van der Waals surface area (Å²) < 4.78 is 5.04. The van der Waals surface area contributed by atoms with Gasteiger partial charge >= 0.3 is 5.97 Å². The van der Waals surface area contributed by atoms with Crippen LogP contribution in [0.15, 0.2) is 18.2 Å². The van der Waals surface area contributed by atoms with Crippen LogP contribution in [0, 0.1) is 13.8 Å². The van der Waals surface area contributed by atoms with Crippen LogP contribution in [0.3, 0.4) is 0 Å². The first-order chi connectivity index (χ1) is 11.2. The number of nitrogens with one attached hydrogen (secondary N) is 1. The molecule has 1 atom stereocenters. The maximum atomic E-state index is 12.5. The largest absolute Gasteiger partial charge is 0.481 e. The number of hydrogen-bond donors (Lipinski definition) is 2. The first-order valence-electron chi connectivity index (χ1n) is 7.52. The van der Waals surface area contributed by atoms with E-state index in [0.717, 1.165) is 11.4 Å². The molecule has 1 heterocycles. The van der Waals surface area contributed by atoms with Crippen LogP contribution in [-0.2, 0) is 9.53 Å². The highest BCUT2D eigenvalue weighted by Crippen LogP contribution is 2.16. The number of hydrogen-bond acceptors (Lipinski definition) is 5. The summed E-state index contributed by atoms with van der Waals surface area (Å²) >= 11 is 0. The first-order valence-corrected chi connectivity index (χ1v) is 7.52. The molecular formula is C17H21N3O4. The first kappa shape index (κ1) is 17.8. The number of carbonyl (C=O) groups excluding carboxylic acids is 1. The summed E-state index contributed by atoms with van der Waals surface area (Å²) in [6, 6.07) is 5.03. The fraction of sp³-hybridized carbons (Fsp3) is 0.412. The van der Waals surface area contributed by atoms with Crippen molar-refractivity contribution < 1.29 is 19.4 Å². The molecule has 0 radical (unpaired) electrons. The smallest absolute Gasteiger partial charge is 0.305 e. The van der Waals surface area contributed by atoms with Crippen LogP contribution in [0.25, 0.3) is 11.0 Å². The molecule has 1 aromatic heterocycles. The third-order valence-electron chi connectivity index (χ3n) is 3.76. The number of aliphatic carboxylic acids is 1. The molecule has 0 spiro atoms. The molecular weight excluding hydrogens is 310 g/mol. The van der Waals surface area contributed by atoms with Crippen molar-refractivity contribution in [2.75, 3.05) is 13.7 Å². The lowest BCUT2D eigenvalue weighted by atomic mass is 9.98. The van der Waals surface area contributed by atoms with Crippen LogP contribution in [-0.4, -0.2) is 46.2 Å². The highest BCUT2D eigenvalue weighted by Gasteiger charge is 2.30. The predicted octanol–water partition coefficient (Wildman–Crippen LogP) is 1.86. The monoisotopic (exact) mass is 331 g/mol. The van der Waals surface area contributed by atoms with Crippen LogP contribution in [0.4, 0.5) is 0 Å². The van der Waals surface area contributed by atoms with Gasteiger partial charge in [-0.1, -0.05) is 0 Å². The predicted molar refractivity (Wildman–Crippen MR) is 89.0 cm³/mol. The van der Waals surface area contributed by atoms with Crippen LogP contribution >= 0.6 is 0 Å². The molecule has 0 fully saturated rings. The lowest BCUT2D eigenvalue weighted by molar-refractivity contribution is -0.139. The van der Waals surface area contributed by atoms with E-state index in [1.165, 1.54) is 7.11 Å². The third-order valence-corrected chi connectivity index (χ3v) is 3.76. The number of amides is 1. The second-order valence-electron chi connectivity index (χ2n) is 6.12. The topological polar surface area (TPSA) is 101 Å². The Morgan fingerprint density at radius 2 is 1.83 bits per heavy atom. The Labute approximate surface area is 140 Å². The van der Waals surface area contributed by atoms with Crippen molar-refractivity contribution in [3.05, 3.63) is 35.2 Å². The Hall–Kier alpha value is -2.54. The zero-order valence-corrected chi connectivity index (χ0v) is 14.2. The molecule has 1 unspecified atom stereocenters. The molecule has 128 valence electrons. The minimum Gasteiger partial charge on any atom is -0.481 e. The maximum Gasteiger partial charge on any atom is 0.305 e. The molecule has 0 aliphatic carbocycles. The summed E-state index contributed by atoms with van der Waals surface area (Å²) in [5, 5.41) is 11.8. The van der Waals surface area contributed by atoms with Crippen molar-refractivity contribution >= 4 is 22.9 Å². The van der Waals surface area contributed by atoms with E-state index in [1.54, 1.807) is 25.1 Å². The van der Waals surface area contributed by atoms with Gasteiger partial charge in [0.1, 0.15) is 0 Å². The number of carboxylic acids is 1. The van der Waals surface area contributed by atoms with Gasteiger partial charge in [-0.25, -0.2) is 9.97 Å². The van der Waals surface area contributed by atoms with Gasteiger partial charge in [-0.2, -0.15) is 0 Å². The van der Waals surface area contributed by atoms with E-state index >= 15 is 0 Å². The number of aromatic nitrogens is 2. The summed E-state index contributed by atoms with van der Waals surface area (Å²) in [6.45, 7) is 5.47. The second kappa shape index (κ2) is 6.92. The number of aryl methyl sites for hydroxylation is 2. The van der Waals surface area contributed by atoms with Crippen LogP contribution in [0.5, 0.6) is 0 Å². The molecule has 24 heavy (non-hydrogen) atoms. The Kier molecular flexibility index (Phi) is 5.14. The molecule has 2 aromatic rings. The number of rotatable bonds is 6.